The summed E-state index contributed by atoms with van der Waals surface area (Å²) in [5, 5.41) is 7.80. The minimum absolute atomic E-state index is 0.0302. The minimum atomic E-state index is -4.00. The number of nitrogens with zero attached hydrogens (tertiary/aromatic N) is 1. The van der Waals surface area contributed by atoms with Crippen molar-refractivity contribution in [3.05, 3.63) is 101 Å². The standard InChI is InChI=1S/C23H18ClN3O4S/c1-15-6-2-4-8-20(15)25-22(28)19-14-16-7-3-5-9-21(16)31-23(19)26-27-32(29,30)18-12-10-17(24)11-13-18/h2-14,27H,1H3,(H,25,28)/b26-23+. The number of rotatable bonds is 5. The van der Waals surface area contributed by atoms with Crippen LogP contribution in [0, 0.1) is 6.92 Å². The Hall–Kier alpha value is -3.62. The van der Waals surface area contributed by atoms with Crippen LogP contribution in [0.4, 0.5) is 5.69 Å². The lowest BCUT2D eigenvalue weighted by Crippen LogP contribution is -2.27. The topological polar surface area (TPSA) is 101 Å². The van der Waals surface area contributed by atoms with Crippen molar-refractivity contribution in [2.45, 2.75) is 11.8 Å². The molecule has 0 unspecified atom stereocenters. The van der Waals surface area contributed by atoms with E-state index < -0.39 is 15.9 Å². The Labute approximate surface area is 189 Å². The highest BCUT2D eigenvalue weighted by atomic mass is 35.5. The van der Waals surface area contributed by atoms with E-state index in [9.17, 15) is 13.2 Å². The van der Waals surface area contributed by atoms with E-state index in [1.165, 1.54) is 24.3 Å². The number of sulfonamides is 1. The molecule has 1 aromatic heterocycles. The molecule has 162 valence electrons. The number of aryl methyl sites for hydroxylation is 1. The summed E-state index contributed by atoms with van der Waals surface area (Å²) in [4.78, 5) is 15.1. The zero-order chi connectivity index (χ0) is 22.7. The van der Waals surface area contributed by atoms with Crippen LogP contribution in [-0.2, 0) is 10.0 Å². The molecule has 4 aromatic rings. The van der Waals surface area contributed by atoms with Crippen LogP contribution in [0.1, 0.15) is 15.9 Å². The molecular weight excluding hydrogens is 450 g/mol. The van der Waals surface area contributed by atoms with Crippen LogP contribution < -0.4 is 15.7 Å². The van der Waals surface area contributed by atoms with Crippen molar-refractivity contribution in [1.82, 2.24) is 4.83 Å². The van der Waals surface area contributed by atoms with Gasteiger partial charge in [0.2, 0.25) is 5.55 Å². The molecular formula is C23H18ClN3O4S. The first-order chi connectivity index (χ1) is 15.3. The molecule has 1 heterocycles. The number of amides is 1. The molecule has 3 aromatic carbocycles. The first-order valence-corrected chi connectivity index (χ1v) is 11.4. The molecule has 32 heavy (non-hydrogen) atoms. The Kier molecular flexibility index (Phi) is 5.98. The van der Waals surface area contributed by atoms with Crippen molar-refractivity contribution in [2.75, 3.05) is 5.32 Å². The van der Waals surface area contributed by atoms with Crippen LogP contribution in [0.3, 0.4) is 0 Å². The van der Waals surface area contributed by atoms with Crippen molar-refractivity contribution in [3.8, 4) is 0 Å². The fourth-order valence-corrected chi connectivity index (χ4v) is 3.91. The van der Waals surface area contributed by atoms with Crippen molar-refractivity contribution >= 4 is 44.2 Å². The van der Waals surface area contributed by atoms with E-state index in [-0.39, 0.29) is 16.0 Å². The van der Waals surface area contributed by atoms with Crippen LogP contribution in [-0.4, -0.2) is 14.3 Å². The summed E-state index contributed by atoms with van der Waals surface area (Å²) >= 11 is 5.83. The molecule has 0 aliphatic carbocycles. The van der Waals surface area contributed by atoms with E-state index in [2.05, 4.69) is 15.2 Å². The molecule has 0 aliphatic rings. The lowest BCUT2D eigenvalue weighted by molar-refractivity contribution is 0.102. The fraction of sp³-hybridized carbons (Fsp3) is 0.0435. The van der Waals surface area contributed by atoms with E-state index in [1.807, 2.05) is 19.1 Å². The van der Waals surface area contributed by atoms with Gasteiger partial charge in [0, 0.05) is 16.1 Å². The van der Waals surface area contributed by atoms with Crippen LogP contribution in [0.15, 0.2) is 93.3 Å². The zero-order valence-electron chi connectivity index (χ0n) is 16.9. The van der Waals surface area contributed by atoms with Gasteiger partial charge in [-0.25, -0.2) is 0 Å². The maximum atomic E-state index is 13.0. The summed E-state index contributed by atoms with van der Waals surface area (Å²) in [6.45, 7) is 1.87. The summed E-state index contributed by atoms with van der Waals surface area (Å²) in [5.74, 6) is -0.488. The Morgan fingerprint density at radius 2 is 1.66 bits per heavy atom. The van der Waals surface area contributed by atoms with Gasteiger partial charge in [-0.15, -0.1) is 5.10 Å². The van der Waals surface area contributed by atoms with Crippen molar-refractivity contribution in [3.63, 3.8) is 0 Å². The van der Waals surface area contributed by atoms with Gasteiger partial charge in [0.25, 0.3) is 15.9 Å². The molecule has 0 saturated heterocycles. The van der Waals surface area contributed by atoms with Crippen LogP contribution in [0.25, 0.3) is 11.0 Å². The summed E-state index contributed by atoms with van der Waals surface area (Å²) in [7, 11) is -4.00. The highest BCUT2D eigenvalue weighted by Crippen LogP contribution is 2.17. The second-order valence-electron chi connectivity index (χ2n) is 6.93. The monoisotopic (exact) mass is 467 g/mol. The first-order valence-electron chi connectivity index (χ1n) is 9.54. The van der Waals surface area contributed by atoms with Crippen molar-refractivity contribution in [2.24, 2.45) is 5.10 Å². The molecule has 0 fully saturated rings. The molecule has 0 aliphatic heterocycles. The van der Waals surface area contributed by atoms with Gasteiger partial charge in [-0.2, -0.15) is 13.2 Å². The predicted molar refractivity (Wildman–Crippen MR) is 123 cm³/mol. The number of carbonyl (C=O) groups excluding carboxylic acids is 1. The molecule has 0 radical (unpaired) electrons. The largest absolute Gasteiger partial charge is 0.436 e. The summed E-state index contributed by atoms with van der Waals surface area (Å²) in [6, 6.07) is 21.6. The number of fused-ring (bicyclic) bond motifs is 1. The van der Waals surface area contributed by atoms with Gasteiger partial charge in [-0.3, -0.25) is 4.79 Å². The minimum Gasteiger partial charge on any atom is -0.436 e. The van der Waals surface area contributed by atoms with Gasteiger partial charge in [-0.1, -0.05) is 48.0 Å². The Bertz CT molecular complexity index is 1480. The molecule has 1 amide bonds. The highest BCUT2D eigenvalue weighted by molar-refractivity contribution is 7.89. The summed E-state index contributed by atoms with van der Waals surface area (Å²) < 4.78 is 31.0. The highest BCUT2D eigenvalue weighted by Gasteiger charge is 2.16. The predicted octanol–water partition coefficient (Wildman–Crippen LogP) is 4.44. The maximum Gasteiger partial charge on any atom is 0.276 e. The average molecular weight is 468 g/mol. The second kappa shape index (κ2) is 8.86. The van der Waals surface area contributed by atoms with E-state index in [0.29, 0.717) is 21.7 Å². The van der Waals surface area contributed by atoms with Crippen molar-refractivity contribution in [1.29, 1.82) is 0 Å². The molecule has 0 saturated carbocycles. The van der Waals surface area contributed by atoms with Gasteiger partial charge in [0.05, 0.1) is 4.90 Å². The first kappa shape index (κ1) is 21.6. The van der Waals surface area contributed by atoms with Crippen LogP contribution in [0.2, 0.25) is 5.02 Å². The SMILES string of the molecule is Cc1ccccc1NC(=O)c1cc2ccccc2o/c1=N/NS(=O)(=O)c1ccc(Cl)cc1. The van der Waals surface area contributed by atoms with E-state index in [4.69, 9.17) is 16.0 Å². The summed E-state index contributed by atoms with van der Waals surface area (Å²) in [5.41, 5.74) is 1.85. The van der Waals surface area contributed by atoms with Gasteiger partial charge in [0.15, 0.2) is 0 Å². The molecule has 0 bridgehead atoms. The molecule has 9 heteroatoms. The fourth-order valence-electron chi connectivity index (χ4n) is 2.99. The van der Waals surface area contributed by atoms with Gasteiger partial charge >= 0.3 is 0 Å². The summed E-state index contributed by atoms with van der Waals surface area (Å²) in [6.07, 6.45) is 0. The molecule has 0 spiro atoms. The van der Waals surface area contributed by atoms with Gasteiger partial charge in [0.1, 0.15) is 11.1 Å². The van der Waals surface area contributed by atoms with Gasteiger partial charge in [-0.05, 0) is 55.0 Å². The lowest BCUT2D eigenvalue weighted by atomic mass is 10.1. The van der Waals surface area contributed by atoms with E-state index in [0.717, 1.165) is 5.56 Å². The number of hydrogen-bond donors (Lipinski definition) is 2. The van der Waals surface area contributed by atoms with E-state index >= 15 is 0 Å². The third-order valence-electron chi connectivity index (χ3n) is 4.69. The zero-order valence-corrected chi connectivity index (χ0v) is 18.4. The number of nitrogens with one attached hydrogen (secondary N) is 2. The lowest BCUT2D eigenvalue weighted by Gasteiger charge is -2.09. The number of benzene rings is 3. The smallest absolute Gasteiger partial charge is 0.276 e. The maximum absolute atomic E-state index is 13.0. The number of carbonyl (C=O) groups is 1. The van der Waals surface area contributed by atoms with E-state index in [1.54, 1.807) is 42.5 Å². The number of hydrogen-bond acceptors (Lipinski definition) is 5. The van der Waals surface area contributed by atoms with Crippen LogP contribution in [0.5, 0.6) is 0 Å². The Morgan fingerprint density at radius 1 is 0.969 bits per heavy atom. The number of anilines is 1. The quantitative estimate of drug-likeness (QED) is 0.423. The van der Waals surface area contributed by atoms with Gasteiger partial charge < -0.3 is 9.73 Å². The Morgan fingerprint density at radius 3 is 2.41 bits per heavy atom. The number of para-hydroxylation sites is 2. The molecule has 0 atom stereocenters. The normalized spacial score (nSPS) is 12.0. The Balaban J connectivity index is 1.76. The number of halogens is 1. The molecule has 2 N–H and O–H groups in total. The third-order valence-corrected chi connectivity index (χ3v) is 6.16. The third kappa shape index (κ3) is 4.66. The average Bonchev–Trinajstić information content (AvgIpc) is 2.79. The molecule has 7 nitrogen and oxygen atoms in total. The molecule has 4 rings (SSSR count). The van der Waals surface area contributed by atoms with Crippen LogP contribution >= 0.6 is 11.6 Å². The van der Waals surface area contributed by atoms with Crippen molar-refractivity contribution < 1.29 is 17.6 Å². The second-order valence-corrected chi connectivity index (χ2v) is 9.03.